The lowest BCUT2D eigenvalue weighted by molar-refractivity contribution is -0.161. The van der Waals surface area contributed by atoms with E-state index in [0.29, 0.717) is 6.42 Å². The van der Waals surface area contributed by atoms with E-state index in [-0.39, 0.29) is 25.4 Å². The first-order chi connectivity index (χ1) is 20.8. The third-order valence-electron chi connectivity index (χ3n) is 7.18. The predicted molar refractivity (Wildman–Crippen MR) is 175 cm³/mol. The minimum atomic E-state index is -4.25. The Hall–Kier alpha value is -1.47. The number of unbranched alkanes of at least 4 members (excludes halogenated alkanes) is 16. The number of ether oxygens (including phenoxy) is 2. The molecule has 8 nitrogen and oxygen atoms in total. The Kier molecular flexibility index (Phi) is 29.5. The molecule has 2 atom stereocenters. The average molecular weight is 631 g/mol. The molecule has 0 radical (unpaired) electrons. The largest absolute Gasteiger partial charge is 0.472 e. The highest BCUT2D eigenvalue weighted by Crippen LogP contribution is 2.42. The van der Waals surface area contributed by atoms with Crippen molar-refractivity contribution in [2.75, 3.05) is 20.3 Å². The second-order valence-corrected chi connectivity index (χ2v) is 12.8. The Morgan fingerprint density at radius 3 is 1.63 bits per heavy atom. The summed E-state index contributed by atoms with van der Waals surface area (Å²) in [5.41, 5.74) is 0. The van der Waals surface area contributed by atoms with Crippen LogP contribution in [0.2, 0.25) is 0 Å². The summed E-state index contributed by atoms with van der Waals surface area (Å²) in [5, 5.41) is 0. The van der Waals surface area contributed by atoms with Crippen molar-refractivity contribution in [3.8, 4) is 0 Å². The lowest BCUT2D eigenvalue weighted by Gasteiger charge is -2.19. The third kappa shape index (κ3) is 30.3. The highest BCUT2D eigenvalue weighted by atomic mass is 31.2. The van der Waals surface area contributed by atoms with Gasteiger partial charge in [-0.25, -0.2) is 4.57 Å². The van der Waals surface area contributed by atoms with Gasteiger partial charge in [-0.15, -0.1) is 0 Å². The van der Waals surface area contributed by atoms with Crippen LogP contribution in [0.15, 0.2) is 24.3 Å². The van der Waals surface area contributed by atoms with Gasteiger partial charge in [0.25, 0.3) is 0 Å². The molecule has 0 spiro atoms. The molecule has 0 aliphatic rings. The van der Waals surface area contributed by atoms with Crippen LogP contribution in [0.4, 0.5) is 0 Å². The van der Waals surface area contributed by atoms with Crippen LogP contribution in [0.3, 0.4) is 0 Å². The van der Waals surface area contributed by atoms with Crippen molar-refractivity contribution in [3.05, 3.63) is 24.3 Å². The minimum Gasteiger partial charge on any atom is -0.462 e. The van der Waals surface area contributed by atoms with Crippen molar-refractivity contribution < 1.29 is 37.6 Å². The van der Waals surface area contributed by atoms with Gasteiger partial charge in [0.15, 0.2) is 6.10 Å². The zero-order chi connectivity index (χ0) is 31.9. The summed E-state index contributed by atoms with van der Waals surface area (Å²) in [6.45, 7) is 3.73. The molecule has 0 aromatic heterocycles. The molecule has 0 rings (SSSR count). The van der Waals surface area contributed by atoms with E-state index in [1.807, 2.05) is 0 Å². The van der Waals surface area contributed by atoms with E-state index in [2.05, 4.69) is 42.7 Å². The summed E-state index contributed by atoms with van der Waals surface area (Å²) >= 11 is 0. The lowest BCUT2D eigenvalue weighted by Crippen LogP contribution is -2.29. The van der Waals surface area contributed by atoms with E-state index in [0.717, 1.165) is 64.9 Å². The van der Waals surface area contributed by atoms with Gasteiger partial charge in [-0.05, 0) is 57.8 Å². The first kappa shape index (κ1) is 41.5. The molecular weight excluding hydrogens is 567 g/mol. The predicted octanol–water partition coefficient (Wildman–Crippen LogP) is 9.94. The summed E-state index contributed by atoms with van der Waals surface area (Å²) in [4.78, 5) is 34.1. The molecule has 0 aliphatic heterocycles. The summed E-state index contributed by atoms with van der Waals surface area (Å²) in [7, 11) is -3.20. The summed E-state index contributed by atoms with van der Waals surface area (Å²) in [5.74, 6) is -0.823. The third-order valence-corrected chi connectivity index (χ3v) is 8.12. The van der Waals surface area contributed by atoms with Gasteiger partial charge in [0.2, 0.25) is 0 Å². The Bertz CT molecular complexity index is 767. The maximum atomic E-state index is 12.3. The van der Waals surface area contributed by atoms with Crippen LogP contribution in [0.1, 0.15) is 155 Å². The maximum Gasteiger partial charge on any atom is 0.472 e. The quantitative estimate of drug-likeness (QED) is 0.0349. The average Bonchev–Trinajstić information content (AvgIpc) is 2.99. The van der Waals surface area contributed by atoms with Crippen LogP contribution in [0, 0.1) is 0 Å². The molecular formula is C34H63O8P. The van der Waals surface area contributed by atoms with Crippen molar-refractivity contribution in [1.29, 1.82) is 0 Å². The van der Waals surface area contributed by atoms with Gasteiger partial charge in [0.05, 0.1) is 6.61 Å². The highest BCUT2D eigenvalue weighted by molar-refractivity contribution is 7.47. The fraction of sp³-hybridized carbons (Fsp3) is 0.824. The number of carbonyl (C=O) groups is 2. The van der Waals surface area contributed by atoms with E-state index >= 15 is 0 Å². The standard InChI is InChI=1S/C34H63O8P/c1-4-6-8-10-12-14-15-16-17-18-19-21-22-24-26-28-33(35)40-30-32(31-41-43(37,38)39-3)42-34(36)29-27-25-23-20-13-11-9-7-5-2/h7,9,12,14,32H,4-6,8,10-11,13,15-31H2,1-3H3,(H,37,38)/b9-7+,14-12+/t32-/m1/s1. The molecule has 1 N–H and O–H groups in total. The van der Waals surface area contributed by atoms with E-state index < -0.39 is 26.5 Å². The first-order valence-electron chi connectivity index (χ1n) is 17.0. The zero-order valence-electron chi connectivity index (χ0n) is 27.6. The van der Waals surface area contributed by atoms with Gasteiger partial charge in [0, 0.05) is 20.0 Å². The van der Waals surface area contributed by atoms with Crippen molar-refractivity contribution in [2.24, 2.45) is 0 Å². The maximum absolute atomic E-state index is 12.3. The van der Waals surface area contributed by atoms with E-state index in [9.17, 15) is 19.0 Å². The summed E-state index contributed by atoms with van der Waals surface area (Å²) in [6, 6.07) is 0. The molecule has 9 heteroatoms. The Labute approximate surface area is 263 Å². The van der Waals surface area contributed by atoms with Gasteiger partial charge in [-0.1, -0.05) is 109 Å². The first-order valence-corrected chi connectivity index (χ1v) is 18.5. The Morgan fingerprint density at radius 1 is 0.651 bits per heavy atom. The number of hydrogen-bond donors (Lipinski definition) is 1. The van der Waals surface area contributed by atoms with E-state index in [1.165, 1.54) is 64.2 Å². The van der Waals surface area contributed by atoms with Crippen LogP contribution >= 0.6 is 7.82 Å². The topological polar surface area (TPSA) is 108 Å². The molecule has 43 heavy (non-hydrogen) atoms. The highest BCUT2D eigenvalue weighted by Gasteiger charge is 2.24. The van der Waals surface area contributed by atoms with Crippen molar-refractivity contribution in [3.63, 3.8) is 0 Å². The molecule has 0 bridgehead atoms. The van der Waals surface area contributed by atoms with E-state index in [4.69, 9.17) is 14.0 Å². The molecule has 0 aromatic carbocycles. The second kappa shape index (κ2) is 30.6. The van der Waals surface area contributed by atoms with Crippen LogP contribution in [-0.2, 0) is 32.7 Å². The number of allylic oxidation sites excluding steroid dienone is 4. The number of rotatable bonds is 31. The van der Waals surface area contributed by atoms with Crippen LogP contribution < -0.4 is 0 Å². The number of esters is 2. The SMILES string of the molecule is CC/C=C/CCCCCCCC(=O)O[C@H](COC(=O)CCCCCCCCCC/C=C/CCCCC)COP(=O)(O)OC. The van der Waals surface area contributed by atoms with Gasteiger partial charge < -0.3 is 14.4 Å². The van der Waals surface area contributed by atoms with E-state index in [1.54, 1.807) is 0 Å². The van der Waals surface area contributed by atoms with Crippen LogP contribution in [-0.4, -0.2) is 43.3 Å². The minimum absolute atomic E-state index is 0.229. The molecule has 0 aromatic rings. The normalized spacial score (nSPS) is 13.9. The number of phosphoric ester groups is 1. The van der Waals surface area contributed by atoms with Crippen molar-refractivity contribution >= 4 is 19.8 Å². The fourth-order valence-corrected chi connectivity index (χ4v) is 5.00. The second-order valence-electron chi connectivity index (χ2n) is 11.3. The van der Waals surface area contributed by atoms with Gasteiger partial charge in [-0.2, -0.15) is 0 Å². The summed E-state index contributed by atoms with van der Waals surface area (Å²) < 4.78 is 31.7. The van der Waals surface area contributed by atoms with Crippen LogP contribution in [0.5, 0.6) is 0 Å². The molecule has 252 valence electrons. The number of hydrogen-bond acceptors (Lipinski definition) is 7. The lowest BCUT2D eigenvalue weighted by atomic mass is 10.1. The number of carbonyl (C=O) groups excluding carboxylic acids is 2. The van der Waals surface area contributed by atoms with Crippen molar-refractivity contribution in [1.82, 2.24) is 0 Å². The van der Waals surface area contributed by atoms with Crippen molar-refractivity contribution in [2.45, 2.75) is 161 Å². The fourth-order valence-electron chi connectivity index (χ4n) is 4.54. The molecule has 0 saturated carbocycles. The Balaban J connectivity index is 4.07. The molecule has 0 heterocycles. The Morgan fingerprint density at radius 2 is 1.12 bits per heavy atom. The number of phosphoric acid groups is 1. The molecule has 0 aliphatic carbocycles. The zero-order valence-corrected chi connectivity index (χ0v) is 28.5. The molecule has 0 amide bonds. The van der Waals surface area contributed by atoms with Crippen LogP contribution in [0.25, 0.3) is 0 Å². The smallest absolute Gasteiger partial charge is 0.462 e. The summed E-state index contributed by atoms with van der Waals surface area (Å²) in [6.07, 6.45) is 31.0. The molecule has 0 saturated heterocycles. The molecule has 1 unspecified atom stereocenters. The van der Waals surface area contributed by atoms with Gasteiger partial charge >= 0.3 is 19.8 Å². The molecule has 0 fully saturated rings. The monoisotopic (exact) mass is 630 g/mol. The van der Waals surface area contributed by atoms with Gasteiger partial charge in [-0.3, -0.25) is 18.6 Å². The van der Waals surface area contributed by atoms with Gasteiger partial charge in [0.1, 0.15) is 6.61 Å².